The van der Waals surface area contributed by atoms with Crippen LogP contribution < -0.4 is 10.0 Å². The minimum atomic E-state index is -3.71. The standard InChI is InChI=1S/C22H26N2O6S/c1-22(13-15-8-11-19(30-15)20(25)29-2)17-12-16(9-10-18(17)23-21(22)26)31(27,28)24-14-6-4-3-5-7-14/h8-12,14,24H,3-7,13H2,1-2H3,(H,23,26). The summed E-state index contributed by atoms with van der Waals surface area (Å²) in [5.74, 6) is -0.379. The second kappa shape index (κ2) is 8.12. The van der Waals surface area contributed by atoms with Gasteiger partial charge in [0.15, 0.2) is 0 Å². The fraction of sp³-hybridized carbons (Fsp3) is 0.455. The molecule has 2 aliphatic rings. The number of rotatable bonds is 6. The highest BCUT2D eigenvalue weighted by molar-refractivity contribution is 7.89. The number of esters is 1. The zero-order chi connectivity index (χ0) is 22.2. The van der Waals surface area contributed by atoms with Gasteiger partial charge in [0, 0.05) is 18.2 Å². The molecular weight excluding hydrogens is 420 g/mol. The molecule has 1 atom stereocenters. The van der Waals surface area contributed by atoms with Crippen molar-refractivity contribution in [3.8, 4) is 0 Å². The lowest BCUT2D eigenvalue weighted by molar-refractivity contribution is -0.120. The van der Waals surface area contributed by atoms with Crippen molar-refractivity contribution in [2.75, 3.05) is 12.4 Å². The van der Waals surface area contributed by atoms with Crippen LogP contribution in [-0.2, 0) is 31.4 Å². The summed E-state index contributed by atoms with van der Waals surface area (Å²) >= 11 is 0. The molecule has 1 aromatic heterocycles. The summed E-state index contributed by atoms with van der Waals surface area (Å²) < 4.78 is 39.0. The number of fused-ring (bicyclic) bond motifs is 1. The molecule has 2 aromatic rings. The van der Waals surface area contributed by atoms with Crippen LogP contribution in [0.15, 0.2) is 39.6 Å². The molecule has 1 aliphatic heterocycles. The first-order chi connectivity index (χ1) is 14.7. The normalized spacial score (nSPS) is 21.5. The minimum Gasteiger partial charge on any atom is -0.463 e. The summed E-state index contributed by atoms with van der Waals surface area (Å²) in [4.78, 5) is 24.6. The van der Waals surface area contributed by atoms with E-state index in [1.54, 1.807) is 25.1 Å². The summed E-state index contributed by atoms with van der Waals surface area (Å²) in [7, 11) is -2.45. The van der Waals surface area contributed by atoms with Crippen molar-refractivity contribution in [3.63, 3.8) is 0 Å². The van der Waals surface area contributed by atoms with Crippen molar-refractivity contribution in [2.45, 2.75) is 61.8 Å². The van der Waals surface area contributed by atoms with E-state index in [1.807, 2.05) is 0 Å². The van der Waals surface area contributed by atoms with Crippen LogP contribution in [0.5, 0.6) is 0 Å². The second-order valence-corrected chi connectivity index (χ2v) is 10.1. The largest absolute Gasteiger partial charge is 0.463 e. The molecule has 1 amide bonds. The number of amides is 1. The van der Waals surface area contributed by atoms with E-state index in [9.17, 15) is 18.0 Å². The van der Waals surface area contributed by atoms with Crippen molar-refractivity contribution in [1.29, 1.82) is 0 Å². The van der Waals surface area contributed by atoms with E-state index < -0.39 is 21.4 Å². The molecule has 0 radical (unpaired) electrons. The van der Waals surface area contributed by atoms with Crippen molar-refractivity contribution in [3.05, 3.63) is 47.4 Å². The van der Waals surface area contributed by atoms with E-state index in [0.29, 0.717) is 17.0 Å². The summed E-state index contributed by atoms with van der Waals surface area (Å²) in [6.07, 6.45) is 5.01. The van der Waals surface area contributed by atoms with Gasteiger partial charge in [0.25, 0.3) is 0 Å². The summed E-state index contributed by atoms with van der Waals surface area (Å²) in [6, 6.07) is 7.75. The van der Waals surface area contributed by atoms with Crippen LogP contribution in [0, 0.1) is 0 Å². The third-order valence-corrected chi connectivity index (χ3v) is 7.67. The molecule has 31 heavy (non-hydrogen) atoms. The Morgan fingerprint density at radius 1 is 1.23 bits per heavy atom. The van der Waals surface area contributed by atoms with Crippen LogP contribution in [0.4, 0.5) is 5.69 Å². The van der Waals surface area contributed by atoms with Crippen LogP contribution in [-0.4, -0.2) is 33.4 Å². The fourth-order valence-corrected chi connectivity index (χ4v) is 5.68. The first kappa shape index (κ1) is 21.6. The predicted molar refractivity (Wildman–Crippen MR) is 113 cm³/mol. The van der Waals surface area contributed by atoms with Gasteiger partial charge in [0.2, 0.25) is 21.7 Å². The first-order valence-electron chi connectivity index (χ1n) is 10.4. The minimum absolute atomic E-state index is 0.0488. The van der Waals surface area contributed by atoms with E-state index in [0.717, 1.165) is 32.1 Å². The Bertz CT molecular complexity index is 1120. The Balaban J connectivity index is 1.62. The second-order valence-electron chi connectivity index (χ2n) is 8.38. The number of anilines is 1. The number of furan rings is 1. The van der Waals surface area contributed by atoms with Crippen LogP contribution in [0.25, 0.3) is 0 Å². The van der Waals surface area contributed by atoms with Gasteiger partial charge in [-0.05, 0) is 55.7 Å². The van der Waals surface area contributed by atoms with E-state index in [-0.39, 0.29) is 29.0 Å². The molecule has 8 nitrogen and oxygen atoms in total. The molecule has 0 spiro atoms. The molecule has 9 heteroatoms. The van der Waals surface area contributed by atoms with Crippen molar-refractivity contribution in [1.82, 2.24) is 4.72 Å². The molecule has 1 unspecified atom stereocenters. The van der Waals surface area contributed by atoms with E-state index >= 15 is 0 Å². The number of benzene rings is 1. The number of nitrogens with one attached hydrogen (secondary N) is 2. The maximum atomic E-state index is 13.0. The molecule has 4 rings (SSSR count). The van der Waals surface area contributed by atoms with Crippen LogP contribution in [0.2, 0.25) is 0 Å². The number of sulfonamides is 1. The average Bonchev–Trinajstić information content (AvgIpc) is 3.30. The summed E-state index contributed by atoms with van der Waals surface area (Å²) in [5.41, 5.74) is 0.112. The molecular formula is C22H26N2O6S. The number of methoxy groups -OCH3 is 1. The van der Waals surface area contributed by atoms with Crippen molar-refractivity contribution < 1.29 is 27.2 Å². The van der Waals surface area contributed by atoms with Gasteiger partial charge in [-0.2, -0.15) is 0 Å². The van der Waals surface area contributed by atoms with Gasteiger partial charge in [-0.15, -0.1) is 0 Å². The predicted octanol–water partition coefficient (Wildman–Crippen LogP) is 3.13. The van der Waals surface area contributed by atoms with Crippen molar-refractivity contribution >= 4 is 27.6 Å². The highest BCUT2D eigenvalue weighted by atomic mass is 32.2. The molecule has 1 aromatic carbocycles. The highest BCUT2D eigenvalue weighted by Gasteiger charge is 2.44. The Morgan fingerprint density at radius 3 is 2.68 bits per heavy atom. The van der Waals surface area contributed by atoms with Gasteiger partial charge in [0.05, 0.1) is 17.4 Å². The van der Waals surface area contributed by atoms with Gasteiger partial charge < -0.3 is 14.5 Å². The molecule has 2 N–H and O–H groups in total. The molecule has 1 aliphatic carbocycles. The maximum Gasteiger partial charge on any atom is 0.373 e. The zero-order valence-corrected chi connectivity index (χ0v) is 18.4. The lowest BCUT2D eigenvalue weighted by Gasteiger charge is -2.24. The highest BCUT2D eigenvalue weighted by Crippen LogP contribution is 2.41. The Hall–Kier alpha value is -2.65. The lowest BCUT2D eigenvalue weighted by Crippen LogP contribution is -2.36. The lowest BCUT2D eigenvalue weighted by atomic mass is 9.80. The van der Waals surface area contributed by atoms with E-state index in [4.69, 9.17) is 4.42 Å². The third-order valence-electron chi connectivity index (χ3n) is 6.15. The molecule has 0 bridgehead atoms. The van der Waals surface area contributed by atoms with Gasteiger partial charge in [0.1, 0.15) is 5.76 Å². The van der Waals surface area contributed by atoms with Gasteiger partial charge >= 0.3 is 5.97 Å². The van der Waals surface area contributed by atoms with Crippen LogP contribution in [0.3, 0.4) is 0 Å². The molecule has 1 fully saturated rings. The van der Waals surface area contributed by atoms with Crippen LogP contribution in [0.1, 0.15) is 60.9 Å². The van der Waals surface area contributed by atoms with E-state index in [2.05, 4.69) is 14.8 Å². The monoisotopic (exact) mass is 446 g/mol. The smallest absolute Gasteiger partial charge is 0.373 e. The SMILES string of the molecule is COC(=O)c1ccc(CC2(C)C(=O)Nc3ccc(S(=O)(=O)NC4CCCCC4)cc32)o1. The fourth-order valence-electron chi connectivity index (χ4n) is 4.35. The van der Waals surface area contributed by atoms with E-state index in [1.165, 1.54) is 19.2 Å². The molecule has 2 heterocycles. The zero-order valence-electron chi connectivity index (χ0n) is 17.6. The molecule has 0 saturated heterocycles. The van der Waals surface area contributed by atoms with Gasteiger partial charge in [-0.1, -0.05) is 19.3 Å². The Labute approximate surface area is 181 Å². The topological polar surface area (TPSA) is 115 Å². The molecule has 1 saturated carbocycles. The quantitative estimate of drug-likeness (QED) is 0.659. The Kier molecular flexibility index (Phi) is 5.65. The average molecular weight is 447 g/mol. The van der Waals surface area contributed by atoms with Gasteiger partial charge in [-0.3, -0.25) is 4.79 Å². The number of carbonyl (C=O) groups excluding carboxylic acids is 2. The summed E-state index contributed by atoms with van der Waals surface area (Å²) in [6.45, 7) is 1.74. The van der Waals surface area contributed by atoms with Crippen LogP contribution >= 0.6 is 0 Å². The van der Waals surface area contributed by atoms with Gasteiger partial charge in [-0.25, -0.2) is 17.9 Å². The number of ether oxygens (including phenoxy) is 1. The first-order valence-corrected chi connectivity index (χ1v) is 11.9. The summed E-state index contributed by atoms with van der Waals surface area (Å²) in [5, 5.41) is 2.82. The number of hydrogen-bond donors (Lipinski definition) is 2. The number of carbonyl (C=O) groups is 2. The maximum absolute atomic E-state index is 13.0. The molecule has 166 valence electrons. The van der Waals surface area contributed by atoms with Crippen molar-refractivity contribution in [2.24, 2.45) is 0 Å². The number of hydrogen-bond acceptors (Lipinski definition) is 6. The third kappa shape index (κ3) is 4.12. The Morgan fingerprint density at radius 2 is 1.97 bits per heavy atom.